The third-order valence-electron chi connectivity index (χ3n) is 2.87. The van der Waals surface area contributed by atoms with Gasteiger partial charge in [0.05, 0.1) is 11.9 Å². The zero-order valence-electron chi connectivity index (χ0n) is 10.8. The number of carbonyl (C=O) groups excluding carboxylic acids is 1. The van der Waals surface area contributed by atoms with Gasteiger partial charge < -0.3 is 9.84 Å². The first-order chi connectivity index (χ1) is 9.65. The summed E-state index contributed by atoms with van der Waals surface area (Å²) in [6, 6.07) is 15.8. The quantitative estimate of drug-likeness (QED) is 0.681. The van der Waals surface area contributed by atoms with Crippen LogP contribution in [0.5, 0.6) is 0 Å². The average Bonchev–Trinajstić information content (AvgIpc) is 2.54. The van der Waals surface area contributed by atoms with Gasteiger partial charge in [0.2, 0.25) is 0 Å². The van der Waals surface area contributed by atoms with E-state index in [9.17, 15) is 9.90 Å². The van der Waals surface area contributed by atoms with Crippen LogP contribution in [0.15, 0.2) is 60.7 Å². The molecule has 0 spiro atoms. The maximum Gasteiger partial charge on any atom is 0.338 e. The second kappa shape index (κ2) is 6.80. The summed E-state index contributed by atoms with van der Waals surface area (Å²) >= 11 is 5.52. The SMILES string of the molecule is O=C(OCP(=S)(CO)c1ccccc1)c1ccccc1. The Morgan fingerprint density at radius 1 is 1.05 bits per heavy atom. The Hall–Kier alpha value is -1.48. The van der Waals surface area contributed by atoms with Crippen molar-refractivity contribution in [3.05, 3.63) is 66.2 Å². The van der Waals surface area contributed by atoms with Gasteiger partial charge in [0, 0.05) is 6.04 Å². The maximum absolute atomic E-state index is 11.9. The first-order valence-electron chi connectivity index (χ1n) is 6.12. The number of aliphatic hydroxyl groups excluding tert-OH is 1. The van der Waals surface area contributed by atoms with E-state index in [4.69, 9.17) is 16.5 Å². The Labute approximate surface area is 123 Å². The second-order valence-corrected chi connectivity index (χ2v) is 9.23. The molecule has 0 aromatic heterocycles. The van der Waals surface area contributed by atoms with Crippen molar-refractivity contribution in [2.45, 2.75) is 0 Å². The van der Waals surface area contributed by atoms with Crippen molar-refractivity contribution in [1.29, 1.82) is 0 Å². The summed E-state index contributed by atoms with van der Waals surface area (Å²) in [5.74, 6) is -0.413. The van der Waals surface area contributed by atoms with Crippen LogP contribution in [0.3, 0.4) is 0 Å². The van der Waals surface area contributed by atoms with Crippen molar-refractivity contribution < 1.29 is 14.6 Å². The minimum absolute atomic E-state index is 0.0660. The van der Waals surface area contributed by atoms with Crippen molar-refractivity contribution >= 4 is 29.1 Å². The van der Waals surface area contributed by atoms with Gasteiger partial charge in [-0.3, -0.25) is 0 Å². The zero-order valence-corrected chi connectivity index (χ0v) is 12.5. The summed E-state index contributed by atoms with van der Waals surface area (Å²) in [6.45, 7) is 0. The lowest BCUT2D eigenvalue weighted by Gasteiger charge is -2.19. The fourth-order valence-corrected chi connectivity index (χ4v) is 3.68. The van der Waals surface area contributed by atoms with Gasteiger partial charge in [-0.15, -0.1) is 0 Å². The molecule has 0 aliphatic carbocycles. The van der Waals surface area contributed by atoms with Crippen LogP contribution in [0, 0.1) is 0 Å². The van der Waals surface area contributed by atoms with E-state index in [0.717, 1.165) is 5.30 Å². The summed E-state index contributed by atoms with van der Waals surface area (Å²) in [6.07, 6.45) is -0.0923. The van der Waals surface area contributed by atoms with Gasteiger partial charge in [-0.2, -0.15) is 0 Å². The van der Waals surface area contributed by atoms with Crippen molar-refractivity contribution in [2.24, 2.45) is 0 Å². The number of hydrogen-bond donors (Lipinski definition) is 1. The minimum Gasteiger partial charge on any atom is -0.456 e. The first-order valence-corrected chi connectivity index (χ1v) is 9.30. The minimum atomic E-state index is -2.28. The number of ether oxygens (including phenoxy) is 1. The van der Waals surface area contributed by atoms with Crippen molar-refractivity contribution in [2.75, 3.05) is 12.7 Å². The van der Waals surface area contributed by atoms with E-state index in [1.807, 2.05) is 36.4 Å². The summed E-state index contributed by atoms with van der Waals surface area (Å²) < 4.78 is 5.28. The zero-order chi connectivity index (χ0) is 14.4. The van der Waals surface area contributed by atoms with Gasteiger partial charge in [0.15, 0.2) is 0 Å². The molecule has 1 atom stereocenters. The van der Waals surface area contributed by atoms with Gasteiger partial charge in [0.1, 0.15) is 6.35 Å². The van der Waals surface area contributed by atoms with Gasteiger partial charge in [0.25, 0.3) is 0 Å². The van der Waals surface area contributed by atoms with Gasteiger partial charge in [-0.25, -0.2) is 4.79 Å². The number of rotatable bonds is 5. The van der Waals surface area contributed by atoms with E-state index in [1.165, 1.54) is 0 Å². The molecule has 20 heavy (non-hydrogen) atoms. The highest BCUT2D eigenvalue weighted by molar-refractivity contribution is 8.18. The number of carbonyl (C=O) groups is 1. The highest BCUT2D eigenvalue weighted by Crippen LogP contribution is 2.43. The summed E-state index contributed by atoms with van der Waals surface area (Å²) in [5, 5.41) is 10.4. The lowest BCUT2D eigenvalue weighted by atomic mass is 10.2. The van der Waals surface area contributed by atoms with E-state index < -0.39 is 12.0 Å². The maximum atomic E-state index is 11.9. The third-order valence-corrected chi connectivity index (χ3v) is 6.41. The molecular weight excluding hydrogens is 291 g/mol. The van der Waals surface area contributed by atoms with Crippen molar-refractivity contribution in [3.63, 3.8) is 0 Å². The molecular formula is C15H15O3PS. The fraction of sp³-hybridized carbons (Fsp3) is 0.133. The monoisotopic (exact) mass is 306 g/mol. The molecule has 0 radical (unpaired) electrons. The third kappa shape index (κ3) is 3.54. The molecule has 104 valence electrons. The molecule has 0 aliphatic heterocycles. The molecule has 0 heterocycles. The lowest BCUT2D eigenvalue weighted by Crippen LogP contribution is -2.15. The smallest absolute Gasteiger partial charge is 0.338 e. The van der Waals surface area contributed by atoms with E-state index in [0.29, 0.717) is 5.56 Å². The number of hydrogen-bond acceptors (Lipinski definition) is 4. The number of esters is 1. The molecule has 0 bridgehead atoms. The Morgan fingerprint density at radius 3 is 2.15 bits per heavy atom. The lowest BCUT2D eigenvalue weighted by molar-refractivity contribution is 0.0574. The van der Waals surface area contributed by atoms with E-state index >= 15 is 0 Å². The van der Waals surface area contributed by atoms with Gasteiger partial charge in [-0.05, 0) is 17.4 Å². The molecule has 5 heteroatoms. The topological polar surface area (TPSA) is 46.5 Å². The number of benzene rings is 2. The van der Waals surface area contributed by atoms with Crippen LogP contribution >= 0.6 is 6.04 Å². The Balaban J connectivity index is 2.09. The van der Waals surface area contributed by atoms with E-state index in [-0.39, 0.29) is 12.7 Å². The van der Waals surface area contributed by atoms with Crippen molar-refractivity contribution in [3.8, 4) is 0 Å². The Kier molecular flexibility index (Phi) is 5.07. The normalized spacial score (nSPS) is 13.4. The van der Waals surface area contributed by atoms with Crippen LogP contribution in [-0.2, 0) is 16.5 Å². The van der Waals surface area contributed by atoms with Crippen LogP contribution in [0.2, 0.25) is 0 Å². The highest BCUT2D eigenvalue weighted by Gasteiger charge is 2.21. The van der Waals surface area contributed by atoms with Gasteiger partial charge in [-0.1, -0.05) is 60.3 Å². The second-order valence-electron chi connectivity index (χ2n) is 4.29. The average molecular weight is 306 g/mol. The summed E-state index contributed by atoms with van der Waals surface area (Å²) in [4.78, 5) is 11.9. The van der Waals surface area contributed by atoms with Crippen LogP contribution in [0.1, 0.15) is 10.4 Å². The largest absolute Gasteiger partial charge is 0.456 e. The molecule has 0 saturated carbocycles. The molecule has 2 aromatic carbocycles. The predicted molar refractivity (Wildman–Crippen MR) is 84.2 cm³/mol. The van der Waals surface area contributed by atoms with Crippen LogP contribution in [0.25, 0.3) is 0 Å². The molecule has 3 nitrogen and oxygen atoms in total. The summed E-state index contributed by atoms with van der Waals surface area (Å²) in [7, 11) is 0. The molecule has 0 amide bonds. The molecule has 0 fully saturated rings. The fourth-order valence-electron chi connectivity index (χ4n) is 1.72. The summed E-state index contributed by atoms with van der Waals surface area (Å²) in [5.41, 5.74) is 0.486. The van der Waals surface area contributed by atoms with Crippen LogP contribution in [-0.4, -0.2) is 23.8 Å². The van der Waals surface area contributed by atoms with Crippen molar-refractivity contribution in [1.82, 2.24) is 0 Å². The first kappa shape index (κ1) is 14.9. The van der Waals surface area contributed by atoms with Crippen LogP contribution < -0.4 is 5.30 Å². The Bertz CT molecular complexity index is 614. The predicted octanol–water partition coefficient (Wildman–Crippen LogP) is 2.56. The molecule has 2 rings (SSSR count). The van der Waals surface area contributed by atoms with Crippen LogP contribution in [0.4, 0.5) is 0 Å². The number of aliphatic hydroxyl groups is 1. The van der Waals surface area contributed by atoms with E-state index in [1.54, 1.807) is 24.3 Å². The highest BCUT2D eigenvalue weighted by atomic mass is 32.4. The standard InChI is InChI=1S/C15H15O3PS/c16-11-19(20,14-9-5-2-6-10-14)12-18-15(17)13-7-3-1-4-8-13/h1-10,16H,11-12H2. The molecule has 0 aliphatic rings. The van der Waals surface area contributed by atoms with E-state index in [2.05, 4.69) is 0 Å². The molecule has 1 unspecified atom stereocenters. The molecule has 0 saturated heterocycles. The van der Waals surface area contributed by atoms with Gasteiger partial charge >= 0.3 is 5.97 Å². The molecule has 1 N–H and O–H groups in total. The molecule has 2 aromatic rings. The Morgan fingerprint density at radius 2 is 1.60 bits per heavy atom.